The molecule has 0 saturated heterocycles. The zero-order chi connectivity index (χ0) is 19.0. The minimum absolute atomic E-state index is 0.0877. The molecular formula is C20H15N5O2. The molecular weight excluding hydrogens is 342 g/mol. The van der Waals surface area contributed by atoms with Crippen LogP contribution in [-0.4, -0.2) is 15.0 Å². The second-order valence-corrected chi connectivity index (χ2v) is 6.03. The van der Waals surface area contributed by atoms with Crippen LogP contribution >= 0.6 is 0 Å². The molecule has 27 heavy (non-hydrogen) atoms. The lowest BCUT2D eigenvalue weighted by Gasteiger charge is -2.13. The van der Waals surface area contributed by atoms with Gasteiger partial charge in [0.05, 0.1) is 17.3 Å². The average Bonchev–Trinajstić information content (AvgIpc) is 3.12. The van der Waals surface area contributed by atoms with Crippen molar-refractivity contribution in [2.24, 2.45) is 0 Å². The number of fused-ring (bicyclic) bond motifs is 1. The van der Waals surface area contributed by atoms with E-state index in [0.717, 1.165) is 16.5 Å². The van der Waals surface area contributed by atoms with E-state index in [-0.39, 0.29) is 11.6 Å². The summed E-state index contributed by atoms with van der Waals surface area (Å²) in [5.41, 5.74) is 9.71. The van der Waals surface area contributed by atoms with Gasteiger partial charge in [-0.05, 0) is 49.2 Å². The van der Waals surface area contributed by atoms with Crippen molar-refractivity contribution in [3.63, 3.8) is 0 Å². The van der Waals surface area contributed by atoms with Gasteiger partial charge in [0.25, 0.3) is 0 Å². The summed E-state index contributed by atoms with van der Waals surface area (Å²) >= 11 is 0. The van der Waals surface area contributed by atoms with Gasteiger partial charge in [0.15, 0.2) is 5.69 Å². The molecule has 3 heterocycles. The van der Waals surface area contributed by atoms with Crippen molar-refractivity contribution in [3.05, 3.63) is 59.7 Å². The Bertz CT molecular complexity index is 1210. The summed E-state index contributed by atoms with van der Waals surface area (Å²) in [7, 11) is 0. The first-order valence-electron chi connectivity index (χ1n) is 8.22. The Morgan fingerprint density at radius 3 is 2.78 bits per heavy atom. The number of hydrogen-bond acceptors (Lipinski definition) is 7. The van der Waals surface area contributed by atoms with E-state index in [1.165, 1.54) is 0 Å². The van der Waals surface area contributed by atoms with Crippen molar-refractivity contribution in [1.82, 2.24) is 15.0 Å². The van der Waals surface area contributed by atoms with E-state index in [1.807, 2.05) is 38.1 Å². The Hall–Kier alpha value is -3.92. The van der Waals surface area contributed by atoms with Gasteiger partial charge in [0.2, 0.25) is 11.8 Å². The molecule has 7 nitrogen and oxygen atoms in total. The highest BCUT2D eigenvalue weighted by atomic mass is 16.5. The molecule has 0 aliphatic rings. The second-order valence-electron chi connectivity index (χ2n) is 6.03. The van der Waals surface area contributed by atoms with Gasteiger partial charge in [-0.3, -0.25) is 0 Å². The smallest absolute Gasteiger partial charge is 0.230 e. The van der Waals surface area contributed by atoms with Gasteiger partial charge in [-0.1, -0.05) is 6.07 Å². The maximum absolute atomic E-state index is 9.41. The van der Waals surface area contributed by atoms with Crippen molar-refractivity contribution >= 4 is 16.9 Å². The molecule has 0 atom stereocenters. The Balaban J connectivity index is 1.74. The minimum Gasteiger partial charge on any atom is -0.464 e. The lowest BCUT2D eigenvalue weighted by Crippen LogP contribution is -2.03. The Morgan fingerprint density at radius 2 is 2.00 bits per heavy atom. The lowest BCUT2D eigenvalue weighted by molar-refractivity contribution is 0.468. The van der Waals surface area contributed by atoms with Crippen LogP contribution in [0.3, 0.4) is 0 Å². The zero-order valence-corrected chi connectivity index (χ0v) is 14.7. The fraction of sp³-hybridized carbons (Fsp3) is 0.100. The van der Waals surface area contributed by atoms with E-state index in [4.69, 9.17) is 14.9 Å². The Morgan fingerprint density at radius 1 is 1.15 bits per heavy atom. The molecule has 0 aliphatic carbocycles. The molecule has 7 heteroatoms. The van der Waals surface area contributed by atoms with E-state index in [2.05, 4.69) is 21.0 Å². The summed E-state index contributed by atoms with van der Waals surface area (Å²) in [6.07, 6.45) is 3.23. The van der Waals surface area contributed by atoms with E-state index in [1.54, 1.807) is 18.5 Å². The molecule has 0 radical (unpaired) electrons. The quantitative estimate of drug-likeness (QED) is 0.586. The van der Waals surface area contributed by atoms with Gasteiger partial charge in [-0.2, -0.15) is 5.26 Å². The van der Waals surface area contributed by atoms with Gasteiger partial charge in [0.1, 0.15) is 17.4 Å². The third kappa shape index (κ3) is 2.93. The van der Waals surface area contributed by atoms with Gasteiger partial charge < -0.3 is 14.9 Å². The number of nitrogen functional groups attached to an aromatic ring is 1. The van der Waals surface area contributed by atoms with Gasteiger partial charge in [-0.25, -0.2) is 15.0 Å². The van der Waals surface area contributed by atoms with E-state index in [9.17, 15) is 5.26 Å². The number of nitriles is 1. The molecule has 0 aliphatic heterocycles. The van der Waals surface area contributed by atoms with Crippen LogP contribution in [-0.2, 0) is 0 Å². The molecule has 132 valence electrons. The molecule has 0 spiro atoms. The predicted octanol–water partition coefficient (Wildman–Crippen LogP) is 4.15. The number of rotatable bonds is 3. The molecule has 0 fully saturated rings. The summed E-state index contributed by atoms with van der Waals surface area (Å²) < 4.78 is 11.3. The highest BCUT2D eigenvalue weighted by Crippen LogP contribution is 2.33. The van der Waals surface area contributed by atoms with Crippen LogP contribution in [0.5, 0.6) is 11.6 Å². The van der Waals surface area contributed by atoms with Gasteiger partial charge >= 0.3 is 0 Å². The average molecular weight is 357 g/mol. The number of nitrogens with two attached hydrogens (primary N) is 1. The van der Waals surface area contributed by atoms with Crippen molar-refractivity contribution in [2.75, 3.05) is 5.73 Å². The Labute approximate surface area is 155 Å². The van der Waals surface area contributed by atoms with Crippen molar-refractivity contribution < 1.29 is 9.15 Å². The molecule has 3 aromatic heterocycles. The molecule has 1 aromatic carbocycles. The third-order valence-electron chi connectivity index (χ3n) is 4.24. The number of aromatic nitrogens is 3. The number of benzene rings is 1. The van der Waals surface area contributed by atoms with Crippen LogP contribution in [0.25, 0.3) is 22.1 Å². The zero-order valence-electron chi connectivity index (χ0n) is 14.7. The number of pyridine rings is 1. The van der Waals surface area contributed by atoms with Gasteiger partial charge in [-0.15, -0.1) is 0 Å². The molecule has 2 N–H and O–H groups in total. The van der Waals surface area contributed by atoms with Crippen LogP contribution in [0, 0.1) is 25.2 Å². The summed E-state index contributed by atoms with van der Waals surface area (Å²) in [6, 6.07) is 11.3. The molecule has 0 saturated carbocycles. The number of ether oxygens (including phenoxy) is 1. The van der Waals surface area contributed by atoms with E-state index in [0.29, 0.717) is 28.5 Å². The first-order chi connectivity index (χ1) is 13.1. The van der Waals surface area contributed by atoms with Crippen LogP contribution in [0.4, 0.5) is 5.95 Å². The van der Waals surface area contributed by atoms with Crippen LogP contribution < -0.4 is 10.5 Å². The summed E-state index contributed by atoms with van der Waals surface area (Å²) in [6.45, 7) is 3.74. The van der Waals surface area contributed by atoms with Gasteiger partial charge in [0, 0.05) is 11.8 Å². The lowest BCUT2D eigenvalue weighted by atomic mass is 9.98. The monoisotopic (exact) mass is 357 g/mol. The maximum atomic E-state index is 9.41. The van der Waals surface area contributed by atoms with Crippen LogP contribution in [0.15, 0.2) is 47.2 Å². The predicted molar refractivity (Wildman–Crippen MR) is 100 cm³/mol. The van der Waals surface area contributed by atoms with Crippen molar-refractivity contribution in [3.8, 4) is 28.8 Å². The van der Waals surface area contributed by atoms with Crippen molar-refractivity contribution in [2.45, 2.75) is 13.8 Å². The number of anilines is 1. The molecule has 0 bridgehead atoms. The number of hydrogen-bond donors (Lipinski definition) is 1. The summed E-state index contributed by atoms with van der Waals surface area (Å²) in [5, 5.41) is 10.2. The van der Waals surface area contributed by atoms with Crippen LogP contribution in [0.2, 0.25) is 0 Å². The fourth-order valence-corrected chi connectivity index (χ4v) is 3.04. The topological polar surface area (TPSA) is 111 Å². The normalized spacial score (nSPS) is 10.7. The fourth-order valence-electron chi connectivity index (χ4n) is 3.04. The molecule has 4 rings (SSSR count). The largest absolute Gasteiger partial charge is 0.464 e. The third-order valence-corrected chi connectivity index (χ3v) is 4.24. The highest BCUT2D eigenvalue weighted by molar-refractivity contribution is 5.82. The van der Waals surface area contributed by atoms with E-state index < -0.39 is 0 Å². The highest BCUT2D eigenvalue weighted by Gasteiger charge is 2.16. The maximum Gasteiger partial charge on any atom is 0.230 e. The summed E-state index contributed by atoms with van der Waals surface area (Å²) in [4.78, 5) is 12.5. The summed E-state index contributed by atoms with van der Waals surface area (Å²) in [5.74, 6) is 1.19. The first kappa shape index (κ1) is 16.5. The standard InChI is InChI=1S/C20H15N5O2/c1-11-9-13(27-19-15-6-8-26-17(15)5-7-23-19)3-4-14(11)18-12(2)24-20(22)25-16(18)10-21/h3-9H,1-2H3,(H2,22,24,25). The second kappa shape index (κ2) is 6.42. The number of nitrogens with zero attached hydrogens (tertiary/aromatic N) is 4. The van der Waals surface area contributed by atoms with Crippen molar-refractivity contribution in [1.29, 1.82) is 5.26 Å². The van der Waals surface area contributed by atoms with Crippen LogP contribution in [0.1, 0.15) is 17.0 Å². The number of furan rings is 1. The van der Waals surface area contributed by atoms with E-state index >= 15 is 0 Å². The number of aryl methyl sites for hydroxylation is 2. The molecule has 0 amide bonds. The molecule has 0 unspecified atom stereocenters. The first-order valence-corrected chi connectivity index (χ1v) is 8.22. The minimum atomic E-state index is 0.0877. The molecule has 4 aromatic rings. The SMILES string of the molecule is Cc1cc(Oc2nccc3occc23)ccc1-c1c(C)nc(N)nc1C#N. The Kier molecular flexibility index (Phi) is 3.94.